The van der Waals surface area contributed by atoms with Crippen molar-refractivity contribution in [1.82, 2.24) is 0 Å². The molecule has 1 aliphatic heterocycles. The Kier molecular flexibility index (Phi) is 3.48. The molecule has 0 fully saturated rings. The first-order chi connectivity index (χ1) is 9.93. The average molecular weight is 283 g/mol. The predicted octanol–water partition coefficient (Wildman–Crippen LogP) is 4.69. The summed E-state index contributed by atoms with van der Waals surface area (Å²) >= 11 is 0. The summed E-state index contributed by atoms with van der Waals surface area (Å²) in [5.41, 5.74) is 5.31. The zero-order chi connectivity index (χ0) is 15.0. The Balaban J connectivity index is 1.84. The normalized spacial score (nSPS) is 14.4. The predicted molar refractivity (Wildman–Crippen MR) is 86.3 cm³/mol. The summed E-state index contributed by atoms with van der Waals surface area (Å²) in [6.45, 7) is 8.52. The maximum absolute atomic E-state index is 13.3. The Morgan fingerprint density at radius 2 is 1.90 bits per heavy atom. The average Bonchev–Trinajstić information content (AvgIpc) is 2.80. The van der Waals surface area contributed by atoms with Crippen LogP contribution in [0.1, 0.15) is 37.5 Å². The first kappa shape index (κ1) is 14.1. The number of hydrogen-bond acceptors (Lipinski definition) is 1. The van der Waals surface area contributed by atoms with E-state index >= 15 is 0 Å². The minimum Gasteiger partial charge on any atom is -0.367 e. The molecule has 0 bridgehead atoms. The molecule has 0 atom stereocenters. The van der Waals surface area contributed by atoms with Crippen molar-refractivity contribution in [3.05, 3.63) is 65.0 Å². The summed E-state index contributed by atoms with van der Waals surface area (Å²) in [6.07, 6.45) is 1.08. The van der Waals surface area contributed by atoms with Crippen LogP contribution in [0.2, 0.25) is 0 Å². The van der Waals surface area contributed by atoms with Crippen LogP contribution in [-0.4, -0.2) is 6.54 Å². The van der Waals surface area contributed by atoms with Gasteiger partial charge < -0.3 is 4.90 Å². The van der Waals surface area contributed by atoms with Crippen LogP contribution >= 0.6 is 0 Å². The minimum absolute atomic E-state index is 0.157. The maximum Gasteiger partial charge on any atom is 0.123 e. The summed E-state index contributed by atoms with van der Waals surface area (Å²) in [5, 5.41) is 0. The van der Waals surface area contributed by atoms with Gasteiger partial charge in [-0.25, -0.2) is 4.39 Å². The van der Waals surface area contributed by atoms with E-state index in [4.69, 9.17) is 0 Å². The Labute approximate surface area is 126 Å². The minimum atomic E-state index is -0.157. The van der Waals surface area contributed by atoms with Crippen LogP contribution in [0.25, 0.3) is 0 Å². The first-order valence-corrected chi connectivity index (χ1v) is 7.56. The van der Waals surface area contributed by atoms with Crippen LogP contribution in [0.15, 0.2) is 42.5 Å². The molecule has 1 nitrogen and oxygen atoms in total. The lowest BCUT2D eigenvalue weighted by Gasteiger charge is -2.22. The van der Waals surface area contributed by atoms with Gasteiger partial charge in [0.15, 0.2) is 0 Å². The molecule has 0 amide bonds. The molecule has 1 heterocycles. The third-order valence-electron chi connectivity index (χ3n) is 4.20. The van der Waals surface area contributed by atoms with Crippen LogP contribution < -0.4 is 4.90 Å². The lowest BCUT2D eigenvalue weighted by Crippen LogP contribution is -2.19. The number of anilines is 1. The van der Waals surface area contributed by atoms with Gasteiger partial charge in [0.1, 0.15) is 5.82 Å². The van der Waals surface area contributed by atoms with Gasteiger partial charge in [-0.15, -0.1) is 0 Å². The summed E-state index contributed by atoms with van der Waals surface area (Å²) in [4.78, 5) is 2.34. The highest BCUT2D eigenvalue weighted by Crippen LogP contribution is 2.33. The molecule has 2 heteroatoms. The van der Waals surface area contributed by atoms with Crippen LogP contribution in [-0.2, 0) is 18.4 Å². The third-order valence-corrected chi connectivity index (χ3v) is 4.20. The second-order valence-electron chi connectivity index (χ2n) is 6.89. The number of halogens is 1. The van der Waals surface area contributed by atoms with Gasteiger partial charge in [0.05, 0.1) is 0 Å². The molecule has 1 aliphatic rings. The highest BCUT2D eigenvalue weighted by atomic mass is 19.1. The zero-order valence-corrected chi connectivity index (χ0v) is 13.0. The van der Waals surface area contributed by atoms with E-state index in [1.807, 2.05) is 6.07 Å². The van der Waals surface area contributed by atoms with Crippen molar-refractivity contribution >= 4 is 5.69 Å². The smallest absolute Gasteiger partial charge is 0.123 e. The quantitative estimate of drug-likeness (QED) is 0.773. The summed E-state index contributed by atoms with van der Waals surface area (Å²) < 4.78 is 13.3. The molecule has 0 unspecified atom stereocenters. The molecular weight excluding hydrogens is 261 g/mol. The Morgan fingerprint density at radius 3 is 2.62 bits per heavy atom. The highest BCUT2D eigenvalue weighted by Gasteiger charge is 2.22. The molecule has 3 rings (SSSR count). The fraction of sp³-hybridized carbons (Fsp3) is 0.368. The fourth-order valence-corrected chi connectivity index (χ4v) is 2.96. The standard InChI is InChI=1S/C19H22FN/c1-19(2,3)16-7-8-18-15(12-16)9-10-21(18)13-14-5-4-6-17(20)11-14/h4-8,11-12H,9-10,13H2,1-3H3. The van der Waals surface area contributed by atoms with Crippen LogP contribution in [0.3, 0.4) is 0 Å². The van der Waals surface area contributed by atoms with Gasteiger partial charge in [-0.1, -0.05) is 45.0 Å². The van der Waals surface area contributed by atoms with E-state index in [0.29, 0.717) is 0 Å². The summed E-state index contributed by atoms with van der Waals surface area (Å²) in [5.74, 6) is -0.157. The van der Waals surface area contributed by atoms with Gasteiger partial charge in [-0.05, 0) is 46.7 Å². The Bertz CT molecular complexity index is 655. The maximum atomic E-state index is 13.3. The van der Waals surface area contributed by atoms with E-state index in [-0.39, 0.29) is 11.2 Å². The molecule has 21 heavy (non-hydrogen) atoms. The van der Waals surface area contributed by atoms with Crippen molar-refractivity contribution in [2.45, 2.75) is 39.2 Å². The Hall–Kier alpha value is -1.83. The van der Waals surface area contributed by atoms with Gasteiger partial charge in [0, 0.05) is 18.8 Å². The first-order valence-electron chi connectivity index (χ1n) is 7.56. The molecule has 0 saturated carbocycles. The topological polar surface area (TPSA) is 3.24 Å². The molecule has 0 aliphatic carbocycles. The lowest BCUT2D eigenvalue weighted by molar-refractivity contribution is 0.589. The molecule has 2 aromatic rings. The summed E-state index contributed by atoms with van der Waals surface area (Å²) in [6, 6.07) is 13.7. The van der Waals surface area contributed by atoms with Crippen LogP contribution in [0.4, 0.5) is 10.1 Å². The van der Waals surface area contributed by atoms with E-state index < -0.39 is 0 Å². The van der Waals surface area contributed by atoms with Gasteiger partial charge in [0.25, 0.3) is 0 Å². The van der Waals surface area contributed by atoms with Crippen molar-refractivity contribution in [2.24, 2.45) is 0 Å². The van der Waals surface area contributed by atoms with E-state index in [9.17, 15) is 4.39 Å². The van der Waals surface area contributed by atoms with Crippen molar-refractivity contribution in [3.8, 4) is 0 Å². The number of fused-ring (bicyclic) bond motifs is 1. The summed E-state index contributed by atoms with van der Waals surface area (Å²) in [7, 11) is 0. The molecule has 2 aromatic carbocycles. The van der Waals surface area contributed by atoms with Gasteiger partial charge in [0.2, 0.25) is 0 Å². The fourth-order valence-electron chi connectivity index (χ4n) is 2.96. The van der Waals surface area contributed by atoms with E-state index in [0.717, 1.165) is 25.1 Å². The van der Waals surface area contributed by atoms with Crippen molar-refractivity contribution in [1.29, 1.82) is 0 Å². The SMILES string of the molecule is CC(C)(C)c1ccc2c(c1)CCN2Cc1cccc(F)c1. The zero-order valence-electron chi connectivity index (χ0n) is 13.0. The molecule has 110 valence electrons. The molecule has 0 radical (unpaired) electrons. The number of rotatable bonds is 2. The third kappa shape index (κ3) is 2.94. The van der Waals surface area contributed by atoms with E-state index in [2.05, 4.69) is 43.9 Å². The van der Waals surface area contributed by atoms with E-state index in [1.54, 1.807) is 12.1 Å². The monoisotopic (exact) mass is 283 g/mol. The number of benzene rings is 2. The second kappa shape index (κ2) is 5.18. The molecule has 0 saturated heterocycles. The molecule has 0 N–H and O–H groups in total. The second-order valence-corrected chi connectivity index (χ2v) is 6.89. The molecular formula is C19H22FN. The van der Waals surface area contributed by atoms with Gasteiger partial charge in [-0.2, -0.15) is 0 Å². The van der Waals surface area contributed by atoms with Crippen molar-refractivity contribution < 1.29 is 4.39 Å². The van der Waals surface area contributed by atoms with Crippen LogP contribution in [0, 0.1) is 5.82 Å². The number of hydrogen-bond donors (Lipinski definition) is 0. The number of nitrogens with zero attached hydrogens (tertiary/aromatic N) is 1. The molecule has 0 spiro atoms. The largest absolute Gasteiger partial charge is 0.367 e. The van der Waals surface area contributed by atoms with E-state index in [1.165, 1.54) is 22.9 Å². The van der Waals surface area contributed by atoms with Crippen molar-refractivity contribution in [2.75, 3.05) is 11.4 Å². The Morgan fingerprint density at radius 1 is 1.10 bits per heavy atom. The lowest BCUT2D eigenvalue weighted by atomic mass is 9.86. The van der Waals surface area contributed by atoms with Crippen molar-refractivity contribution in [3.63, 3.8) is 0 Å². The van der Waals surface area contributed by atoms with Gasteiger partial charge >= 0.3 is 0 Å². The highest BCUT2D eigenvalue weighted by molar-refractivity contribution is 5.60. The molecule has 0 aromatic heterocycles. The van der Waals surface area contributed by atoms with Crippen LogP contribution in [0.5, 0.6) is 0 Å². The van der Waals surface area contributed by atoms with Gasteiger partial charge in [-0.3, -0.25) is 0 Å².